The fourth-order valence-corrected chi connectivity index (χ4v) is 4.28. The van der Waals surface area contributed by atoms with E-state index in [1.165, 1.54) is 7.11 Å². The molecule has 7 heteroatoms. The molecule has 146 valence electrons. The number of methoxy groups -OCH3 is 1. The third-order valence-electron chi connectivity index (χ3n) is 4.84. The first-order valence-electron chi connectivity index (χ1n) is 9.50. The molecular formula is C21H23N3O3S. The van der Waals surface area contributed by atoms with Crippen molar-refractivity contribution in [1.29, 1.82) is 0 Å². The van der Waals surface area contributed by atoms with Crippen molar-refractivity contribution < 1.29 is 14.3 Å². The van der Waals surface area contributed by atoms with Crippen LogP contribution in [0.2, 0.25) is 0 Å². The van der Waals surface area contributed by atoms with Crippen molar-refractivity contribution in [1.82, 2.24) is 14.8 Å². The summed E-state index contributed by atoms with van der Waals surface area (Å²) in [6, 6.07) is 10.3. The molecule has 1 aliphatic heterocycles. The molecule has 6 nitrogen and oxygen atoms in total. The summed E-state index contributed by atoms with van der Waals surface area (Å²) < 4.78 is 12.7. The molecule has 1 saturated heterocycles. The first kappa shape index (κ1) is 19.0. The van der Waals surface area contributed by atoms with E-state index in [1.54, 1.807) is 18.0 Å². The van der Waals surface area contributed by atoms with Gasteiger partial charge in [-0.1, -0.05) is 0 Å². The second kappa shape index (κ2) is 8.75. The third-order valence-corrected chi connectivity index (χ3v) is 5.84. The van der Waals surface area contributed by atoms with Crippen LogP contribution in [-0.4, -0.2) is 40.2 Å². The molecule has 2 aromatic heterocycles. The molecule has 0 radical (unpaired) electrons. The summed E-state index contributed by atoms with van der Waals surface area (Å²) >= 11 is 1.64. The van der Waals surface area contributed by atoms with Crippen LogP contribution in [0.25, 0.3) is 22.2 Å². The Morgan fingerprint density at radius 1 is 1.36 bits per heavy atom. The molecule has 0 N–H and O–H groups in total. The molecule has 3 heterocycles. The van der Waals surface area contributed by atoms with E-state index in [-0.39, 0.29) is 12.2 Å². The Bertz CT molecular complexity index is 952. The van der Waals surface area contributed by atoms with E-state index in [2.05, 4.69) is 23.2 Å². The lowest BCUT2D eigenvalue weighted by molar-refractivity contribution is -0.140. The average Bonchev–Trinajstić information content (AvgIpc) is 3.14. The van der Waals surface area contributed by atoms with Gasteiger partial charge in [-0.25, -0.2) is 4.68 Å². The maximum atomic E-state index is 11.4. The molecule has 0 spiro atoms. The van der Waals surface area contributed by atoms with Gasteiger partial charge in [0, 0.05) is 40.6 Å². The fraction of sp³-hybridized carbons (Fsp3) is 0.381. The van der Waals surface area contributed by atoms with E-state index >= 15 is 0 Å². The van der Waals surface area contributed by atoms with E-state index in [1.807, 2.05) is 23.0 Å². The Morgan fingerprint density at radius 3 is 3.04 bits per heavy atom. The number of aromatic nitrogens is 3. The average molecular weight is 398 g/mol. The zero-order valence-electron chi connectivity index (χ0n) is 15.8. The summed E-state index contributed by atoms with van der Waals surface area (Å²) in [6.07, 6.45) is 7.16. The third kappa shape index (κ3) is 4.05. The largest absolute Gasteiger partial charge is 0.469 e. The van der Waals surface area contributed by atoms with E-state index in [9.17, 15) is 4.79 Å². The van der Waals surface area contributed by atoms with Gasteiger partial charge >= 0.3 is 5.97 Å². The van der Waals surface area contributed by atoms with Gasteiger partial charge < -0.3 is 9.47 Å². The Labute approximate surface area is 168 Å². The maximum absolute atomic E-state index is 11.4. The summed E-state index contributed by atoms with van der Waals surface area (Å²) in [5.41, 5.74) is 2.96. The molecule has 1 unspecified atom stereocenters. The normalized spacial score (nSPS) is 17.0. The number of fused-ring (bicyclic) bond motifs is 1. The van der Waals surface area contributed by atoms with E-state index in [0.29, 0.717) is 12.2 Å². The predicted octanol–water partition coefficient (Wildman–Crippen LogP) is 4.45. The second-order valence-electron chi connectivity index (χ2n) is 6.71. The molecule has 3 aromatic rings. The van der Waals surface area contributed by atoms with Crippen LogP contribution >= 0.6 is 11.8 Å². The lowest BCUT2D eigenvalue weighted by Crippen LogP contribution is -2.19. The van der Waals surface area contributed by atoms with Gasteiger partial charge in [-0.3, -0.25) is 9.78 Å². The smallest absolute Gasteiger partial charge is 0.306 e. The number of esters is 1. The Kier molecular flexibility index (Phi) is 5.92. The highest BCUT2D eigenvalue weighted by Crippen LogP contribution is 2.34. The van der Waals surface area contributed by atoms with Gasteiger partial charge in [0.05, 0.1) is 19.0 Å². The molecule has 0 saturated carbocycles. The minimum Gasteiger partial charge on any atom is -0.469 e. The van der Waals surface area contributed by atoms with Gasteiger partial charge in [0.25, 0.3) is 0 Å². The number of rotatable bonds is 6. The zero-order chi connectivity index (χ0) is 19.3. The van der Waals surface area contributed by atoms with Crippen molar-refractivity contribution in [3.8, 4) is 11.3 Å². The van der Waals surface area contributed by atoms with Crippen LogP contribution in [0.4, 0.5) is 0 Å². The zero-order valence-corrected chi connectivity index (χ0v) is 16.7. The Morgan fingerprint density at radius 2 is 2.29 bits per heavy atom. The lowest BCUT2D eigenvalue weighted by atomic mass is 10.1. The number of hydrogen-bond acceptors (Lipinski definition) is 6. The highest BCUT2D eigenvalue weighted by Gasteiger charge is 2.22. The number of carbonyl (C=O) groups is 1. The quantitative estimate of drug-likeness (QED) is 0.452. The van der Waals surface area contributed by atoms with Crippen molar-refractivity contribution in [2.24, 2.45) is 0 Å². The highest BCUT2D eigenvalue weighted by molar-refractivity contribution is 7.99. The van der Waals surface area contributed by atoms with Crippen molar-refractivity contribution in [3.63, 3.8) is 0 Å². The van der Waals surface area contributed by atoms with Crippen molar-refractivity contribution in [3.05, 3.63) is 42.7 Å². The molecule has 0 amide bonds. The number of carbonyl (C=O) groups excluding carboxylic acids is 1. The van der Waals surface area contributed by atoms with Gasteiger partial charge in [0.2, 0.25) is 0 Å². The predicted molar refractivity (Wildman–Crippen MR) is 109 cm³/mol. The van der Waals surface area contributed by atoms with Gasteiger partial charge in [-0.05, 0) is 49.6 Å². The van der Waals surface area contributed by atoms with Crippen LogP contribution in [0, 0.1) is 0 Å². The molecule has 1 atom stereocenters. The topological polar surface area (TPSA) is 66.2 Å². The minimum absolute atomic E-state index is 0.0445. The lowest BCUT2D eigenvalue weighted by Gasteiger charge is -2.23. The fourth-order valence-electron chi connectivity index (χ4n) is 3.41. The summed E-state index contributed by atoms with van der Waals surface area (Å²) in [6.45, 7) is 0.766. The van der Waals surface area contributed by atoms with Crippen molar-refractivity contribution >= 4 is 28.6 Å². The maximum Gasteiger partial charge on any atom is 0.306 e. The van der Waals surface area contributed by atoms with Gasteiger partial charge in [0.15, 0.2) is 6.23 Å². The van der Waals surface area contributed by atoms with Crippen molar-refractivity contribution in [2.75, 3.05) is 19.5 Å². The number of benzene rings is 1. The van der Waals surface area contributed by atoms with E-state index in [0.717, 1.165) is 52.9 Å². The van der Waals surface area contributed by atoms with Gasteiger partial charge in [-0.15, -0.1) is 11.8 Å². The van der Waals surface area contributed by atoms with Crippen LogP contribution in [-0.2, 0) is 14.3 Å². The van der Waals surface area contributed by atoms with Crippen LogP contribution < -0.4 is 0 Å². The van der Waals surface area contributed by atoms with Crippen LogP contribution in [0.15, 0.2) is 47.6 Å². The van der Waals surface area contributed by atoms with Crippen LogP contribution in [0.5, 0.6) is 0 Å². The SMILES string of the molecule is COC(=O)CCSc1ccc2c(-c3cccnc3)nn(C3CCCCO3)c2c1. The molecule has 1 fully saturated rings. The number of hydrogen-bond donors (Lipinski definition) is 0. The Balaban J connectivity index is 1.70. The number of pyridine rings is 1. The number of thioether (sulfide) groups is 1. The summed E-state index contributed by atoms with van der Waals surface area (Å²) in [5, 5.41) is 6.00. The highest BCUT2D eigenvalue weighted by atomic mass is 32.2. The second-order valence-corrected chi connectivity index (χ2v) is 7.88. The van der Waals surface area contributed by atoms with Crippen molar-refractivity contribution in [2.45, 2.75) is 36.8 Å². The number of ether oxygens (including phenoxy) is 2. The molecule has 28 heavy (non-hydrogen) atoms. The standard InChI is InChI=1S/C21H23N3O3S/c1-26-20(25)9-12-28-16-7-8-17-18(13-16)24(19-6-2-3-11-27-19)23-21(17)15-5-4-10-22-14-15/h4-5,7-8,10,13-14,19H,2-3,6,9,11-12H2,1H3. The minimum atomic E-state index is -0.187. The Hall–Kier alpha value is -2.38. The monoisotopic (exact) mass is 397 g/mol. The summed E-state index contributed by atoms with van der Waals surface area (Å²) in [5.74, 6) is 0.495. The summed E-state index contributed by atoms with van der Waals surface area (Å²) in [4.78, 5) is 16.7. The molecule has 0 aliphatic carbocycles. The van der Waals surface area contributed by atoms with Gasteiger partial charge in [0.1, 0.15) is 5.69 Å². The molecule has 4 rings (SSSR count). The van der Waals surface area contributed by atoms with E-state index < -0.39 is 0 Å². The van der Waals surface area contributed by atoms with E-state index in [4.69, 9.17) is 14.6 Å². The molecule has 1 aliphatic rings. The van der Waals surface area contributed by atoms with Gasteiger partial charge in [-0.2, -0.15) is 5.10 Å². The first-order chi connectivity index (χ1) is 13.8. The molecule has 0 bridgehead atoms. The first-order valence-corrected chi connectivity index (χ1v) is 10.5. The molecule has 1 aromatic carbocycles. The number of nitrogens with zero attached hydrogens (tertiary/aromatic N) is 3. The summed E-state index contributed by atoms with van der Waals surface area (Å²) in [7, 11) is 1.42. The molecular weight excluding hydrogens is 374 g/mol. The van der Waals surface area contributed by atoms with Crippen LogP contribution in [0.1, 0.15) is 31.9 Å². The van der Waals surface area contributed by atoms with Crippen LogP contribution in [0.3, 0.4) is 0 Å².